The van der Waals surface area contributed by atoms with Crippen LogP contribution in [0.3, 0.4) is 0 Å². The maximum atomic E-state index is 14.7. The average molecular weight is 456 g/mol. The molecule has 1 unspecified atom stereocenters. The van der Waals surface area contributed by atoms with Gasteiger partial charge in [-0.05, 0) is 66.6 Å². The summed E-state index contributed by atoms with van der Waals surface area (Å²) in [6.45, 7) is 9.88. The maximum Gasteiger partial charge on any atom is 0.248 e. The molecule has 4 rings (SSSR count). The van der Waals surface area contributed by atoms with E-state index in [1.165, 1.54) is 12.1 Å². The normalized spacial score (nSPS) is 17.3. The lowest BCUT2D eigenvalue weighted by Gasteiger charge is -2.41. The Bertz CT molecular complexity index is 1160. The molecular weight excluding hydrogens is 425 g/mol. The van der Waals surface area contributed by atoms with Gasteiger partial charge in [0.25, 0.3) is 0 Å². The van der Waals surface area contributed by atoms with E-state index >= 15 is 0 Å². The molecule has 170 valence electrons. The summed E-state index contributed by atoms with van der Waals surface area (Å²) in [4.78, 5) is 14.3. The third kappa shape index (κ3) is 5.18. The monoisotopic (exact) mass is 455 g/mol. The number of H-pyrrole nitrogens is 1. The van der Waals surface area contributed by atoms with Gasteiger partial charge in [-0.2, -0.15) is 0 Å². The minimum atomic E-state index is -0.291. The molecule has 3 aromatic rings. The second-order valence-corrected chi connectivity index (χ2v) is 11.6. The topological polar surface area (TPSA) is 51.3 Å². The van der Waals surface area contributed by atoms with Gasteiger partial charge in [0, 0.05) is 40.4 Å². The highest BCUT2D eigenvalue weighted by Crippen LogP contribution is 2.51. The van der Waals surface area contributed by atoms with Crippen molar-refractivity contribution in [2.24, 2.45) is 0 Å². The summed E-state index contributed by atoms with van der Waals surface area (Å²) in [6.07, 6.45) is 1.41. The quantitative estimate of drug-likeness (QED) is 0.487. The van der Waals surface area contributed by atoms with Crippen molar-refractivity contribution in [3.63, 3.8) is 0 Å². The highest BCUT2D eigenvalue weighted by molar-refractivity contribution is 8.01. The van der Waals surface area contributed by atoms with Crippen molar-refractivity contribution in [3.05, 3.63) is 75.8 Å². The molecule has 1 fully saturated rings. The number of benzene rings is 2. The van der Waals surface area contributed by atoms with Crippen molar-refractivity contribution < 1.29 is 13.9 Å². The molecule has 2 aromatic carbocycles. The lowest BCUT2D eigenvalue weighted by atomic mass is 9.90. The summed E-state index contributed by atoms with van der Waals surface area (Å²) in [6, 6.07) is 14.2. The number of halogens is 1. The van der Waals surface area contributed by atoms with Crippen LogP contribution < -0.4 is 10.3 Å². The van der Waals surface area contributed by atoms with E-state index in [1.54, 1.807) is 12.1 Å². The van der Waals surface area contributed by atoms with Crippen molar-refractivity contribution in [1.29, 1.82) is 0 Å². The first-order valence-electron chi connectivity index (χ1n) is 11.0. The number of aromatic nitrogens is 1. The van der Waals surface area contributed by atoms with Crippen LogP contribution in [0.25, 0.3) is 10.9 Å². The molecular formula is C26H30FNO3S. The third-order valence-electron chi connectivity index (χ3n) is 5.73. The Morgan fingerprint density at radius 3 is 2.56 bits per heavy atom. The van der Waals surface area contributed by atoms with Gasteiger partial charge in [-0.25, -0.2) is 4.39 Å². The van der Waals surface area contributed by atoms with E-state index < -0.39 is 0 Å². The van der Waals surface area contributed by atoms with Crippen LogP contribution in [0.15, 0.2) is 53.3 Å². The summed E-state index contributed by atoms with van der Waals surface area (Å²) in [5.41, 5.74) is 2.57. The molecule has 1 N–H and O–H groups in total. The van der Waals surface area contributed by atoms with Crippen molar-refractivity contribution in [2.45, 2.75) is 56.1 Å². The predicted octanol–water partition coefficient (Wildman–Crippen LogP) is 6.34. The molecule has 1 saturated heterocycles. The average Bonchev–Trinajstić information content (AvgIpc) is 2.72. The highest BCUT2D eigenvalue weighted by atomic mass is 32.2. The number of rotatable bonds is 5. The minimum absolute atomic E-state index is 0.0318. The Labute approximate surface area is 192 Å². The molecule has 6 heteroatoms. The van der Waals surface area contributed by atoms with E-state index in [4.69, 9.17) is 9.47 Å². The van der Waals surface area contributed by atoms with Gasteiger partial charge in [0.05, 0.1) is 0 Å². The number of thioether (sulfide) groups is 1. The van der Waals surface area contributed by atoms with Crippen LogP contribution in [0, 0.1) is 5.82 Å². The third-order valence-corrected chi connectivity index (χ3v) is 7.38. The Morgan fingerprint density at radius 2 is 1.84 bits per heavy atom. The first-order chi connectivity index (χ1) is 15.1. The van der Waals surface area contributed by atoms with E-state index in [9.17, 15) is 9.18 Å². The number of aromatic amines is 1. The van der Waals surface area contributed by atoms with E-state index in [2.05, 4.69) is 25.8 Å². The molecule has 0 saturated carbocycles. The SMILES string of the molecule is CC(Oc1cc(F)cc(C2(SC(C)(C)C)CCOCC2)c1)c1ccc2[nH]c(=O)ccc2c1. The molecule has 0 bridgehead atoms. The van der Waals surface area contributed by atoms with Crippen LogP contribution in [-0.2, 0) is 9.48 Å². The van der Waals surface area contributed by atoms with Gasteiger partial charge >= 0.3 is 0 Å². The number of hydrogen-bond acceptors (Lipinski definition) is 4. The number of nitrogens with one attached hydrogen (secondary N) is 1. The maximum absolute atomic E-state index is 14.7. The van der Waals surface area contributed by atoms with E-state index in [0.717, 1.165) is 34.9 Å². The summed E-state index contributed by atoms with van der Waals surface area (Å²) in [5, 5.41) is 0.931. The van der Waals surface area contributed by atoms with Crippen molar-refractivity contribution in [3.8, 4) is 5.75 Å². The van der Waals surface area contributed by atoms with Crippen molar-refractivity contribution in [1.82, 2.24) is 4.98 Å². The van der Waals surface area contributed by atoms with Crippen LogP contribution >= 0.6 is 11.8 Å². The van der Waals surface area contributed by atoms with Gasteiger partial charge in [0.15, 0.2) is 0 Å². The zero-order chi connectivity index (χ0) is 22.9. The summed E-state index contributed by atoms with van der Waals surface area (Å²) in [5.74, 6) is 0.232. The molecule has 0 radical (unpaired) electrons. The van der Waals surface area contributed by atoms with Gasteiger partial charge in [0.1, 0.15) is 17.7 Å². The number of pyridine rings is 1. The lowest BCUT2D eigenvalue weighted by molar-refractivity contribution is 0.0763. The first-order valence-corrected chi connectivity index (χ1v) is 11.8. The fourth-order valence-corrected chi connectivity index (χ4v) is 6.11. The number of ether oxygens (including phenoxy) is 2. The molecule has 1 aliphatic rings. The van der Waals surface area contributed by atoms with Crippen LogP contribution in [0.2, 0.25) is 0 Å². The summed E-state index contributed by atoms with van der Waals surface area (Å²) < 4.78 is 26.4. The van der Waals surface area contributed by atoms with Crippen molar-refractivity contribution >= 4 is 22.7 Å². The molecule has 0 amide bonds. The second-order valence-electron chi connectivity index (χ2n) is 9.43. The molecule has 1 atom stereocenters. The Hall–Kier alpha value is -2.31. The van der Waals surface area contributed by atoms with Gasteiger partial charge in [-0.15, -0.1) is 11.8 Å². The molecule has 0 spiro atoms. The standard InChI is InChI=1S/C26H30FNO3S/c1-17(18-5-7-23-19(13-18)6-8-24(29)28-23)31-22-15-20(14-21(27)16-22)26(32-25(2,3)4)9-11-30-12-10-26/h5-8,13-17H,9-12H2,1-4H3,(H,28,29). The highest BCUT2D eigenvalue weighted by Gasteiger charge is 2.39. The Balaban J connectivity index is 1.63. The molecule has 1 aliphatic heterocycles. The van der Waals surface area contributed by atoms with Crippen LogP contribution in [0.5, 0.6) is 5.75 Å². The number of hydrogen-bond donors (Lipinski definition) is 1. The molecule has 2 heterocycles. The predicted molar refractivity (Wildman–Crippen MR) is 129 cm³/mol. The van der Waals surface area contributed by atoms with Gasteiger partial charge in [-0.1, -0.05) is 26.8 Å². The molecule has 1 aromatic heterocycles. The van der Waals surface area contributed by atoms with Crippen LogP contribution in [0.1, 0.15) is 57.8 Å². The zero-order valence-electron chi connectivity index (χ0n) is 19.0. The van der Waals surface area contributed by atoms with Gasteiger partial charge in [-0.3, -0.25) is 4.79 Å². The molecule has 4 nitrogen and oxygen atoms in total. The molecule has 0 aliphatic carbocycles. The van der Waals surface area contributed by atoms with E-state index in [0.29, 0.717) is 19.0 Å². The Morgan fingerprint density at radius 1 is 1.09 bits per heavy atom. The Kier molecular flexibility index (Phi) is 6.37. The fraction of sp³-hybridized carbons (Fsp3) is 0.423. The fourth-order valence-electron chi connectivity index (χ4n) is 4.33. The van der Waals surface area contributed by atoms with Crippen LogP contribution in [0.4, 0.5) is 4.39 Å². The van der Waals surface area contributed by atoms with Gasteiger partial charge < -0.3 is 14.5 Å². The molecule has 32 heavy (non-hydrogen) atoms. The minimum Gasteiger partial charge on any atom is -0.486 e. The summed E-state index contributed by atoms with van der Waals surface area (Å²) >= 11 is 1.88. The number of fused-ring (bicyclic) bond motifs is 1. The summed E-state index contributed by atoms with van der Waals surface area (Å²) in [7, 11) is 0. The largest absolute Gasteiger partial charge is 0.486 e. The lowest BCUT2D eigenvalue weighted by Crippen LogP contribution is -2.34. The first kappa shape index (κ1) is 22.9. The van der Waals surface area contributed by atoms with E-state index in [-0.39, 0.29) is 27.0 Å². The van der Waals surface area contributed by atoms with Crippen molar-refractivity contribution in [2.75, 3.05) is 13.2 Å². The second kappa shape index (κ2) is 8.91. The smallest absolute Gasteiger partial charge is 0.248 e. The van der Waals surface area contributed by atoms with Gasteiger partial charge in [0.2, 0.25) is 5.56 Å². The zero-order valence-corrected chi connectivity index (χ0v) is 19.9. The van der Waals surface area contributed by atoms with Crippen LogP contribution in [-0.4, -0.2) is 22.9 Å². The van der Waals surface area contributed by atoms with E-state index in [1.807, 2.05) is 43.0 Å².